The van der Waals surface area contributed by atoms with E-state index >= 15 is 0 Å². The van der Waals surface area contributed by atoms with Crippen molar-refractivity contribution in [3.63, 3.8) is 0 Å². The molecule has 0 saturated carbocycles. The summed E-state index contributed by atoms with van der Waals surface area (Å²) in [5.74, 6) is 0. The van der Waals surface area contributed by atoms with Gasteiger partial charge in [-0.1, -0.05) is 80.0 Å². The van der Waals surface area contributed by atoms with Crippen molar-refractivity contribution in [1.82, 2.24) is 4.57 Å². The Morgan fingerprint density at radius 1 is 0.774 bits per heavy atom. The van der Waals surface area contributed by atoms with Crippen LogP contribution in [-0.4, -0.2) is 18.0 Å². The number of rotatable bonds is 1. The zero-order valence-corrected chi connectivity index (χ0v) is 17.7. The lowest BCUT2D eigenvalue weighted by Crippen LogP contribution is -2.63. The fourth-order valence-electron chi connectivity index (χ4n) is 6.26. The van der Waals surface area contributed by atoms with Gasteiger partial charge in [0.2, 0.25) is 6.71 Å². The molecular formula is C28H21BN2. The van der Waals surface area contributed by atoms with E-state index < -0.39 is 0 Å². The van der Waals surface area contributed by atoms with Crippen molar-refractivity contribution in [3.8, 4) is 5.69 Å². The van der Waals surface area contributed by atoms with E-state index in [1.165, 1.54) is 55.0 Å². The third-order valence-corrected chi connectivity index (χ3v) is 7.54. The number of aliphatic imine (C=N–C) groups is 1. The van der Waals surface area contributed by atoms with Crippen molar-refractivity contribution in [3.05, 3.63) is 90.0 Å². The van der Waals surface area contributed by atoms with E-state index in [2.05, 4.69) is 109 Å². The minimum absolute atomic E-state index is 0.0609. The topological polar surface area (TPSA) is 17.3 Å². The Labute approximate surface area is 181 Å². The van der Waals surface area contributed by atoms with Crippen LogP contribution in [0.15, 0.2) is 83.9 Å². The fourth-order valence-corrected chi connectivity index (χ4v) is 6.26. The molecule has 0 amide bonds. The fraction of sp³-hybridized carbons (Fsp3) is 0.107. The molecule has 3 heterocycles. The second-order valence-electron chi connectivity index (χ2n) is 9.29. The highest BCUT2D eigenvalue weighted by molar-refractivity contribution is 6.99. The van der Waals surface area contributed by atoms with Gasteiger partial charge in [-0.05, 0) is 47.0 Å². The summed E-state index contributed by atoms with van der Waals surface area (Å²) < 4.78 is 2.47. The van der Waals surface area contributed by atoms with Gasteiger partial charge in [0.15, 0.2) is 0 Å². The highest BCUT2D eigenvalue weighted by atomic mass is 15.0. The molecule has 1 aromatic heterocycles. The van der Waals surface area contributed by atoms with Crippen LogP contribution in [0, 0.1) is 0 Å². The molecule has 3 heteroatoms. The first kappa shape index (κ1) is 17.1. The molecule has 0 N–H and O–H groups in total. The van der Waals surface area contributed by atoms with Crippen LogP contribution < -0.4 is 16.4 Å². The van der Waals surface area contributed by atoms with Crippen molar-refractivity contribution in [1.29, 1.82) is 0 Å². The number of hydrogen-bond acceptors (Lipinski definition) is 1. The molecule has 0 unspecified atom stereocenters. The van der Waals surface area contributed by atoms with E-state index in [1.54, 1.807) is 0 Å². The smallest absolute Gasteiger partial charge is 0.250 e. The Balaban J connectivity index is 1.79. The second kappa shape index (κ2) is 5.56. The van der Waals surface area contributed by atoms with Crippen LogP contribution in [0.2, 0.25) is 0 Å². The molecular weight excluding hydrogens is 375 g/mol. The molecule has 0 radical (unpaired) electrons. The highest BCUT2D eigenvalue weighted by Gasteiger charge is 2.45. The first-order chi connectivity index (χ1) is 15.1. The Kier molecular flexibility index (Phi) is 3.07. The summed E-state index contributed by atoms with van der Waals surface area (Å²) in [7, 11) is 0. The molecule has 7 rings (SSSR count). The number of hydrogen-bond donors (Lipinski definition) is 0. The summed E-state index contributed by atoms with van der Waals surface area (Å²) in [6, 6.07) is 28.9. The Morgan fingerprint density at radius 2 is 1.55 bits per heavy atom. The Bertz CT molecular complexity index is 1590. The van der Waals surface area contributed by atoms with E-state index in [0.717, 1.165) is 5.69 Å². The number of para-hydroxylation sites is 1. The third-order valence-electron chi connectivity index (χ3n) is 7.54. The molecule has 0 spiro atoms. The first-order valence-electron chi connectivity index (χ1n) is 10.9. The molecule has 0 saturated heterocycles. The van der Waals surface area contributed by atoms with E-state index in [9.17, 15) is 0 Å². The van der Waals surface area contributed by atoms with Gasteiger partial charge in [0.25, 0.3) is 0 Å². The van der Waals surface area contributed by atoms with Crippen molar-refractivity contribution < 1.29 is 0 Å². The summed E-state index contributed by atoms with van der Waals surface area (Å²) in [5.41, 5.74) is 11.6. The largest absolute Gasteiger partial charge is 0.310 e. The minimum Gasteiger partial charge on any atom is -0.310 e. The molecule has 2 nitrogen and oxygen atoms in total. The molecule has 0 atom stereocenters. The molecule has 5 aromatic rings. The van der Waals surface area contributed by atoms with Gasteiger partial charge in [-0.25, -0.2) is 0 Å². The van der Waals surface area contributed by atoms with Gasteiger partial charge < -0.3 is 4.57 Å². The number of fused-ring (bicyclic) bond motifs is 7. The maximum atomic E-state index is 4.51. The van der Waals surface area contributed by atoms with Gasteiger partial charge in [0.05, 0.1) is 16.7 Å². The zero-order chi connectivity index (χ0) is 20.9. The van der Waals surface area contributed by atoms with E-state index in [-0.39, 0.29) is 12.1 Å². The summed E-state index contributed by atoms with van der Waals surface area (Å²) in [5, 5.41) is 2.58. The van der Waals surface area contributed by atoms with Crippen LogP contribution in [0.3, 0.4) is 0 Å². The van der Waals surface area contributed by atoms with Gasteiger partial charge in [0.1, 0.15) is 0 Å². The van der Waals surface area contributed by atoms with Crippen molar-refractivity contribution in [2.45, 2.75) is 19.3 Å². The lowest BCUT2D eigenvalue weighted by Gasteiger charge is -2.42. The minimum atomic E-state index is -0.0609. The monoisotopic (exact) mass is 396 g/mol. The van der Waals surface area contributed by atoms with Gasteiger partial charge in [-0.15, -0.1) is 0 Å². The number of benzene rings is 4. The van der Waals surface area contributed by atoms with Crippen molar-refractivity contribution in [2.24, 2.45) is 4.99 Å². The van der Waals surface area contributed by atoms with Crippen LogP contribution in [0.25, 0.3) is 27.5 Å². The summed E-state index contributed by atoms with van der Waals surface area (Å²) >= 11 is 0. The van der Waals surface area contributed by atoms with Crippen LogP contribution in [0.5, 0.6) is 0 Å². The summed E-state index contributed by atoms with van der Waals surface area (Å²) in [6.07, 6.45) is 0. The Morgan fingerprint density at radius 3 is 2.42 bits per heavy atom. The lowest BCUT2D eigenvalue weighted by molar-refractivity contribution is 0.645. The highest BCUT2D eigenvalue weighted by Crippen LogP contribution is 2.40. The van der Waals surface area contributed by atoms with Crippen LogP contribution in [0.4, 0.5) is 5.69 Å². The lowest BCUT2D eigenvalue weighted by atomic mass is 9.30. The molecule has 2 aliphatic rings. The first-order valence-corrected chi connectivity index (χ1v) is 10.9. The van der Waals surface area contributed by atoms with E-state index in [4.69, 9.17) is 0 Å². The van der Waals surface area contributed by atoms with Crippen molar-refractivity contribution >= 4 is 57.3 Å². The summed E-state index contributed by atoms with van der Waals surface area (Å²) in [6.45, 7) is 8.82. The van der Waals surface area contributed by atoms with Gasteiger partial charge in [0, 0.05) is 21.9 Å². The SMILES string of the molecule is C=Nc1ccc2c3ccccc3n3c2c1B1c2ccccc2C(C)(C)c2cccc-3c21. The number of aromatic nitrogens is 1. The summed E-state index contributed by atoms with van der Waals surface area (Å²) in [4.78, 5) is 4.51. The predicted molar refractivity (Wildman–Crippen MR) is 133 cm³/mol. The maximum absolute atomic E-state index is 4.51. The van der Waals surface area contributed by atoms with E-state index in [0.29, 0.717) is 0 Å². The zero-order valence-electron chi connectivity index (χ0n) is 17.7. The average Bonchev–Trinajstić information content (AvgIpc) is 3.14. The van der Waals surface area contributed by atoms with Gasteiger partial charge in [-0.2, -0.15) is 0 Å². The van der Waals surface area contributed by atoms with Crippen LogP contribution >= 0.6 is 0 Å². The van der Waals surface area contributed by atoms with Crippen molar-refractivity contribution in [2.75, 3.05) is 0 Å². The molecule has 2 aliphatic heterocycles. The molecule has 0 bridgehead atoms. The van der Waals surface area contributed by atoms with E-state index in [1.807, 2.05) is 0 Å². The number of nitrogens with zero attached hydrogens (tertiary/aromatic N) is 2. The normalized spacial score (nSPS) is 15.1. The molecule has 4 aromatic carbocycles. The molecule has 146 valence electrons. The third kappa shape index (κ3) is 1.88. The molecule has 0 fully saturated rings. The Hall–Kier alpha value is -3.59. The maximum Gasteiger partial charge on any atom is 0.250 e. The molecule has 0 aliphatic carbocycles. The quantitative estimate of drug-likeness (QED) is 0.286. The van der Waals surface area contributed by atoms with Crippen LogP contribution in [-0.2, 0) is 5.41 Å². The van der Waals surface area contributed by atoms with Crippen LogP contribution in [0.1, 0.15) is 25.0 Å². The predicted octanol–water partition coefficient (Wildman–Crippen LogP) is 4.58. The van der Waals surface area contributed by atoms with Gasteiger partial charge in [-0.3, -0.25) is 4.99 Å². The average molecular weight is 396 g/mol. The standard InChI is InChI=1S/C28H21BN2/c1-28(2)19-10-5-6-12-21(19)29-25-20(28)11-8-14-24(25)31-23-13-7-4-9-17(23)18-15-16-22(30-3)26(29)27(18)31/h4-16H,3H2,1-2H3. The molecule has 31 heavy (non-hydrogen) atoms. The van der Waals surface area contributed by atoms with Gasteiger partial charge >= 0.3 is 0 Å². The second-order valence-corrected chi connectivity index (χ2v) is 9.29.